The van der Waals surface area contributed by atoms with E-state index >= 15 is 0 Å². The number of benzene rings is 1. The number of rotatable bonds is 2. The smallest absolute Gasteiger partial charge is 0.251 e. The van der Waals surface area contributed by atoms with Crippen LogP contribution in [0.5, 0.6) is 0 Å². The van der Waals surface area contributed by atoms with E-state index in [9.17, 15) is 4.79 Å². The number of fused-ring (bicyclic) bond motifs is 1. The lowest BCUT2D eigenvalue weighted by atomic mass is 10.1. The third kappa shape index (κ3) is 1.97. The number of amides is 1. The van der Waals surface area contributed by atoms with Gasteiger partial charge < -0.3 is 5.32 Å². The van der Waals surface area contributed by atoms with Gasteiger partial charge in [0.1, 0.15) is 5.69 Å². The Morgan fingerprint density at radius 3 is 2.84 bits per heavy atom. The Labute approximate surface area is 109 Å². The van der Waals surface area contributed by atoms with E-state index in [0.29, 0.717) is 5.56 Å². The van der Waals surface area contributed by atoms with E-state index in [0.717, 1.165) is 16.6 Å². The second kappa shape index (κ2) is 4.24. The van der Waals surface area contributed by atoms with Gasteiger partial charge in [-0.3, -0.25) is 9.48 Å². The second-order valence-electron chi connectivity index (χ2n) is 4.30. The maximum atomic E-state index is 11.6. The number of aryl methyl sites for hydroxylation is 1. The number of hydrogen-bond donors (Lipinski definition) is 1. The zero-order chi connectivity index (χ0) is 13.4. The van der Waals surface area contributed by atoms with E-state index < -0.39 is 0 Å². The molecule has 6 heteroatoms. The molecule has 19 heavy (non-hydrogen) atoms. The van der Waals surface area contributed by atoms with E-state index in [1.54, 1.807) is 28.7 Å². The number of carbonyl (C=O) groups is 1. The maximum absolute atomic E-state index is 11.6. The summed E-state index contributed by atoms with van der Waals surface area (Å²) in [6.07, 6.45) is 5.51. The van der Waals surface area contributed by atoms with Crippen molar-refractivity contribution in [2.24, 2.45) is 7.05 Å². The van der Waals surface area contributed by atoms with Crippen LogP contribution in [0.25, 0.3) is 16.6 Å². The van der Waals surface area contributed by atoms with Gasteiger partial charge in [0.15, 0.2) is 0 Å². The van der Waals surface area contributed by atoms with Gasteiger partial charge in [0.05, 0.1) is 17.9 Å². The van der Waals surface area contributed by atoms with Crippen LogP contribution < -0.4 is 5.32 Å². The van der Waals surface area contributed by atoms with Gasteiger partial charge in [-0.2, -0.15) is 10.2 Å². The fourth-order valence-corrected chi connectivity index (χ4v) is 1.97. The van der Waals surface area contributed by atoms with E-state index in [4.69, 9.17) is 0 Å². The topological polar surface area (TPSA) is 64.7 Å². The summed E-state index contributed by atoms with van der Waals surface area (Å²) in [5.41, 5.74) is 2.36. The molecule has 2 heterocycles. The first kappa shape index (κ1) is 11.5. The van der Waals surface area contributed by atoms with Crippen molar-refractivity contribution in [3.05, 3.63) is 42.4 Å². The molecule has 3 aromatic rings. The van der Waals surface area contributed by atoms with E-state index in [2.05, 4.69) is 15.5 Å². The van der Waals surface area contributed by atoms with Crippen LogP contribution in [0, 0.1) is 0 Å². The fourth-order valence-electron chi connectivity index (χ4n) is 1.97. The van der Waals surface area contributed by atoms with Crippen LogP contribution in [-0.4, -0.2) is 32.5 Å². The number of nitrogens with one attached hydrogen (secondary N) is 1. The van der Waals surface area contributed by atoms with Gasteiger partial charge in [-0.25, -0.2) is 4.68 Å². The van der Waals surface area contributed by atoms with Gasteiger partial charge in [0.25, 0.3) is 5.91 Å². The van der Waals surface area contributed by atoms with Gasteiger partial charge >= 0.3 is 0 Å². The molecule has 6 nitrogen and oxygen atoms in total. The second-order valence-corrected chi connectivity index (χ2v) is 4.30. The molecule has 2 aromatic heterocycles. The van der Waals surface area contributed by atoms with Crippen molar-refractivity contribution in [3.8, 4) is 5.69 Å². The van der Waals surface area contributed by atoms with Crippen molar-refractivity contribution in [1.82, 2.24) is 24.9 Å². The molecule has 1 N–H and O–H groups in total. The summed E-state index contributed by atoms with van der Waals surface area (Å²) in [5, 5.41) is 12.1. The summed E-state index contributed by atoms with van der Waals surface area (Å²) in [7, 11) is 3.47. The monoisotopic (exact) mass is 255 g/mol. The first-order chi connectivity index (χ1) is 9.17. The molecular formula is C13H13N5O. The molecule has 0 spiro atoms. The summed E-state index contributed by atoms with van der Waals surface area (Å²) < 4.78 is 3.48. The average Bonchev–Trinajstić information content (AvgIpc) is 3.02. The van der Waals surface area contributed by atoms with Crippen LogP contribution in [0.15, 0.2) is 36.8 Å². The normalized spacial score (nSPS) is 10.8. The molecule has 0 aliphatic heterocycles. The summed E-state index contributed by atoms with van der Waals surface area (Å²) in [4.78, 5) is 11.6. The average molecular weight is 255 g/mol. The lowest BCUT2D eigenvalue weighted by molar-refractivity contribution is 0.0963. The van der Waals surface area contributed by atoms with Crippen LogP contribution >= 0.6 is 0 Å². The highest BCUT2D eigenvalue weighted by atomic mass is 16.1. The number of nitrogens with zero attached hydrogens (tertiary/aromatic N) is 4. The van der Waals surface area contributed by atoms with Gasteiger partial charge in [0.2, 0.25) is 0 Å². The van der Waals surface area contributed by atoms with Crippen molar-refractivity contribution in [3.63, 3.8) is 0 Å². The van der Waals surface area contributed by atoms with E-state index in [1.165, 1.54) is 0 Å². The number of carbonyl (C=O) groups excluding carboxylic acids is 1. The standard InChI is InChI=1S/C13H13N5O/c1-14-13(19)9-3-4-12-10(5-9)7-18(16-12)11-6-15-17(2)8-11/h3-8H,1-2H3,(H,14,19). The predicted molar refractivity (Wildman–Crippen MR) is 71.2 cm³/mol. The molecule has 0 unspecified atom stereocenters. The predicted octanol–water partition coefficient (Wildman–Crippen LogP) is 1.12. The molecule has 0 fully saturated rings. The van der Waals surface area contributed by atoms with Crippen LogP contribution in [0.1, 0.15) is 10.4 Å². The molecule has 96 valence electrons. The Balaban J connectivity index is 2.08. The van der Waals surface area contributed by atoms with Gasteiger partial charge in [-0.05, 0) is 18.2 Å². The SMILES string of the molecule is CNC(=O)c1ccc2nn(-c3cnn(C)c3)cc2c1. The Kier molecular flexibility index (Phi) is 2.56. The molecule has 0 bridgehead atoms. The van der Waals surface area contributed by atoms with E-state index in [1.807, 2.05) is 31.6 Å². The molecule has 1 amide bonds. The van der Waals surface area contributed by atoms with Crippen molar-refractivity contribution in [2.75, 3.05) is 7.05 Å². The number of hydrogen-bond acceptors (Lipinski definition) is 3. The zero-order valence-electron chi connectivity index (χ0n) is 10.7. The highest BCUT2D eigenvalue weighted by Crippen LogP contribution is 2.17. The van der Waals surface area contributed by atoms with Crippen LogP contribution in [-0.2, 0) is 7.05 Å². The highest BCUT2D eigenvalue weighted by molar-refractivity contribution is 5.97. The molecule has 0 saturated heterocycles. The summed E-state index contributed by atoms with van der Waals surface area (Å²) in [6.45, 7) is 0. The third-order valence-corrected chi connectivity index (χ3v) is 2.95. The molecule has 0 saturated carbocycles. The Morgan fingerprint density at radius 2 is 2.16 bits per heavy atom. The van der Waals surface area contributed by atoms with Crippen LogP contribution in [0.2, 0.25) is 0 Å². The molecule has 1 aromatic carbocycles. The lowest BCUT2D eigenvalue weighted by Crippen LogP contribution is -2.17. The van der Waals surface area contributed by atoms with Crippen molar-refractivity contribution in [2.45, 2.75) is 0 Å². The summed E-state index contributed by atoms with van der Waals surface area (Å²) in [6, 6.07) is 5.43. The Bertz CT molecular complexity index is 755. The first-order valence-corrected chi connectivity index (χ1v) is 5.88. The van der Waals surface area contributed by atoms with E-state index in [-0.39, 0.29) is 5.91 Å². The Morgan fingerprint density at radius 1 is 1.32 bits per heavy atom. The van der Waals surface area contributed by atoms with Crippen LogP contribution in [0.3, 0.4) is 0 Å². The quantitative estimate of drug-likeness (QED) is 0.746. The maximum Gasteiger partial charge on any atom is 0.251 e. The van der Waals surface area contributed by atoms with Gasteiger partial charge in [-0.15, -0.1) is 0 Å². The minimum atomic E-state index is -0.101. The zero-order valence-corrected chi connectivity index (χ0v) is 10.7. The van der Waals surface area contributed by atoms with Crippen molar-refractivity contribution in [1.29, 1.82) is 0 Å². The lowest BCUT2D eigenvalue weighted by Gasteiger charge is -1.97. The molecule has 0 radical (unpaired) electrons. The van der Waals surface area contributed by atoms with Crippen LogP contribution in [0.4, 0.5) is 0 Å². The van der Waals surface area contributed by atoms with Gasteiger partial charge in [-0.1, -0.05) is 0 Å². The van der Waals surface area contributed by atoms with Crippen molar-refractivity contribution < 1.29 is 4.79 Å². The molecule has 0 aliphatic rings. The molecule has 0 atom stereocenters. The Hall–Kier alpha value is -2.63. The number of aromatic nitrogens is 4. The highest BCUT2D eigenvalue weighted by Gasteiger charge is 2.08. The summed E-state index contributed by atoms with van der Waals surface area (Å²) >= 11 is 0. The molecular weight excluding hydrogens is 242 g/mol. The third-order valence-electron chi connectivity index (χ3n) is 2.95. The molecule has 3 rings (SSSR count). The first-order valence-electron chi connectivity index (χ1n) is 5.88. The largest absolute Gasteiger partial charge is 0.355 e. The van der Waals surface area contributed by atoms with Crippen molar-refractivity contribution >= 4 is 16.8 Å². The fraction of sp³-hybridized carbons (Fsp3) is 0.154. The summed E-state index contributed by atoms with van der Waals surface area (Å²) in [5.74, 6) is -0.101. The minimum Gasteiger partial charge on any atom is -0.355 e. The van der Waals surface area contributed by atoms with Gasteiger partial charge in [0, 0.05) is 31.2 Å². The minimum absolute atomic E-state index is 0.101. The molecule has 0 aliphatic carbocycles.